The van der Waals surface area contributed by atoms with E-state index in [-0.39, 0.29) is 12.8 Å². The van der Waals surface area contributed by atoms with E-state index < -0.39 is 142 Å². The Morgan fingerprint density at radius 3 is 1.18 bits per heavy atom. The second-order valence-electron chi connectivity index (χ2n) is 12.3. The molecular weight excluding hydrogens is 608 g/mol. The second kappa shape index (κ2) is 15.6. The Morgan fingerprint density at radius 1 is 0.489 bits per heavy atom. The van der Waals surface area contributed by atoms with E-state index in [9.17, 15) is 40.9 Å². The van der Waals surface area contributed by atoms with Crippen LogP contribution in [0, 0.1) is 0 Å². The molecular formula is C25H50N6O14. The first-order chi connectivity index (χ1) is 21.2. The van der Waals surface area contributed by atoms with Crippen molar-refractivity contribution in [1.82, 2.24) is 0 Å². The number of aliphatic hydroxyl groups excluding tert-OH is 8. The van der Waals surface area contributed by atoms with E-state index in [2.05, 4.69) is 0 Å². The van der Waals surface area contributed by atoms with Crippen LogP contribution in [0.5, 0.6) is 0 Å². The maximum atomic E-state index is 10.8. The van der Waals surface area contributed by atoms with Gasteiger partial charge in [-0.3, -0.25) is 0 Å². The van der Waals surface area contributed by atoms with Gasteiger partial charge >= 0.3 is 0 Å². The molecule has 0 spiro atoms. The van der Waals surface area contributed by atoms with Gasteiger partial charge in [0.25, 0.3) is 0 Å². The lowest BCUT2D eigenvalue weighted by molar-refractivity contribution is -0.320. The van der Waals surface area contributed by atoms with Gasteiger partial charge < -0.3 is 104 Å². The molecule has 20 N–H and O–H groups in total. The van der Waals surface area contributed by atoms with Crippen molar-refractivity contribution < 1.29 is 69.3 Å². The number of hydrogen-bond donors (Lipinski definition) is 14. The highest BCUT2D eigenvalue weighted by Crippen LogP contribution is 2.31. The molecule has 20 atom stereocenters. The molecule has 20 heteroatoms. The minimum absolute atomic E-state index is 0.123. The molecule has 2 saturated heterocycles. The molecule has 4 aliphatic rings. The van der Waals surface area contributed by atoms with Gasteiger partial charge in [0.2, 0.25) is 0 Å². The zero-order valence-electron chi connectivity index (χ0n) is 24.6. The van der Waals surface area contributed by atoms with Crippen molar-refractivity contribution in [2.24, 2.45) is 34.4 Å². The summed E-state index contributed by atoms with van der Waals surface area (Å²) in [6, 6.07) is -5.64. The van der Waals surface area contributed by atoms with Crippen molar-refractivity contribution in [3.8, 4) is 0 Å². The minimum Gasteiger partial charge on any atom is -0.394 e. The molecule has 0 amide bonds. The highest BCUT2D eigenvalue weighted by molar-refractivity contribution is 5.01. The van der Waals surface area contributed by atoms with Gasteiger partial charge in [-0.05, 0) is 12.8 Å². The molecule has 20 nitrogen and oxygen atoms in total. The Morgan fingerprint density at radius 2 is 0.844 bits per heavy atom. The Balaban J connectivity index is 1.41. The predicted molar refractivity (Wildman–Crippen MR) is 149 cm³/mol. The SMILES string of the molecule is NC1C(OCOC2C(N)[C@H](O[C@H]3C(N)C[C@H](N)C(O)C3O)OC(CO)[C@@H]2O)[C@H](O)C(CO)O[C@@H]1O[C@@H]1C(N)C[C@@H](N)C(O)C1O. The molecule has 2 aliphatic heterocycles. The lowest BCUT2D eigenvalue weighted by Crippen LogP contribution is -2.68. The highest BCUT2D eigenvalue weighted by Gasteiger charge is 2.51. The van der Waals surface area contributed by atoms with Crippen LogP contribution in [0.2, 0.25) is 0 Å². The van der Waals surface area contributed by atoms with Crippen LogP contribution in [-0.4, -0.2) is 183 Å². The second-order valence-corrected chi connectivity index (χ2v) is 12.3. The molecule has 45 heavy (non-hydrogen) atoms. The van der Waals surface area contributed by atoms with Crippen molar-refractivity contribution >= 4 is 0 Å². The molecule has 4 fully saturated rings. The Kier molecular flexibility index (Phi) is 12.8. The van der Waals surface area contributed by atoms with Crippen molar-refractivity contribution in [3.63, 3.8) is 0 Å². The molecule has 0 aromatic carbocycles. The zero-order chi connectivity index (χ0) is 33.3. The van der Waals surface area contributed by atoms with Gasteiger partial charge in [-0.2, -0.15) is 0 Å². The van der Waals surface area contributed by atoms with Crippen molar-refractivity contribution in [2.45, 2.75) is 135 Å². The summed E-state index contributed by atoms with van der Waals surface area (Å²) in [6.07, 6.45) is -18.5. The first-order valence-electron chi connectivity index (χ1n) is 14.9. The van der Waals surface area contributed by atoms with Crippen LogP contribution in [0.4, 0.5) is 0 Å². The van der Waals surface area contributed by atoms with E-state index in [0.717, 1.165) is 0 Å². The molecule has 264 valence electrons. The summed E-state index contributed by atoms with van der Waals surface area (Å²) < 4.78 is 34.3. The van der Waals surface area contributed by atoms with Gasteiger partial charge in [0.1, 0.15) is 67.8 Å². The summed E-state index contributed by atoms with van der Waals surface area (Å²) in [5.41, 5.74) is 36.4. The standard InChI is InChI=1S/C25H50N6O14/c26-6-1-8(28)20(18(38)14(6)34)44-24-12(30)22(16(36)10(3-32)42-24)40-5-41-23-13(31)25(43-11(4-33)17(23)37)45-21-9(29)2-7(27)15(35)19(21)39/h6-25,32-39H,1-5,26-31H2/t6-,7+,8?,9?,10?,11?,12?,13?,14?,15?,16-,17+,18?,19?,20-,21+,22?,23?,24-,25+. The average Bonchev–Trinajstić information content (AvgIpc) is 3.00. The van der Waals surface area contributed by atoms with Crippen LogP contribution in [0.15, 0.2) is 0 Å². The molecule has 2 heterocycles. The normalized spacial score (nSPS) is 52.9. The summed E-state index contributed by atoms with van der Waals surface area (Å²) in [6.45, 7) is -1.98. The molecule has 12 unspecified atom stereocenters. The van der Waals surface area contributed by atoms with E-state index in [1.807, 2.05) is 0 Å². The summed E-state index contributed by atoms with van der Waals surface area (Å²) in [5, 5.41) is 82.6. The average molecular weight is 659 g/mol. The largest absolute Gasteiger partial charge is 0.394 e. The number of aliphatic hydroxyl groups is 8. The quantitative estimate of drug-likeness (QED) is 0.0968. The fourth-order valence-corrected chi connectivity index (χ4v) is 6.29. The molecule has 2 aliphatic carbocycles. The third-order valence-electron chi connectivity index (χ3n) is 9.09. The van der Waals surface area contributed by atoms with Crippen molar-refractivity contribution in [3.05, 3.63) is 0 Å². The van der Waals surface area contributed by atoms with Crippen LogP contribution >= 0.6 is 0 Å². The van der Waals surface area contributed by atoms with E-state index in [1.54, 1.807) is 0 Å². The third-order valence-corrected chi connectivity index (χ3v) is 9.09. The van der Waals surface area contributed by atoms with Crippen LogP contribution in [0.1, 0.15) is 12.8 Å². The van der Waals surface area contributed by atoms with Crippen LogP contribution < -0.4 is 34.4 Å². The molecule has 2 saturated carbocycles. The molecule has 0 bridgehead atoms. The summed E-state index contributed by atoms with van der Waals surface area (Å²) in [7, 11) is 0. The lowest BCUT2D eigenvalue weighted by atomic mass is 9.84. The van der Waals surface area contributed by atoms with Gasteiger partial charge in [0.05, 0.1) is 37.5 Å². The smallest absolute Gasteiger partial charge is 0.176 e. The van der Waals surface area contributed by atoms with Crippen LogP contribution in [0.3, 0.4) is 0 Å². The van der Waals surface area contributed by atoms with E-state index in [1.165, 1.54) is 0 Å². The number of hydrogen-bond acceptors (Lipinski definition) is 20. The van der Waals surface area contributed by atoms with E-state index in [4.69, 9.17) is 62.8 Å². The number of rotatable bonds is 10. The molecule has 4 rings (SSSR count). The van der Waals surface area contributed by atoms with Gasteiger partial charge in [0.15, 0.2) is 12.6 Å². The van der Waals surface area contributed by atoms with Crippen molar-refractivity contribution in [1.29, 1.82) is 0 Å². The summed E-state index contributed by atoms with van der Waals surface area (Å²) >= 11 is 0. The lowest BCUT2D eigenvalue weighted by Gasteiger charge is -2.47. The first kappa shape index (κ1) is 37.0. The molecule has 0 aromatic rings. The van der Waals surface area contributed by atoms with Crippen LogP contribution in [0.25, 0.3) is 0 Å². The Labute approximate surface area is 259 Å². The van der Waals surface area contributed by atoms with Crippen LogP contribution in [-0.2, 0) is 28.4 Å². The fraction of sp³-hybridized carbons (Fsp3) is 1.00. The third kappa shape index (κ3) is 7.76. The van der Waals surface area contributed by atoms with Gasteiger partial charge in [-0.1, -0.05) is 0 Å². The monoisotopic (exact) mass is 658 g/mol. The first-order valence-corrected chi connectivity index (χ1v) is 14.9. The Hall–Kier alpha value is -0.800. The van der Waals surface area contributed by atoms with Crippen molar-refractivity contribution in [2.75, 3.05) is 20.0 Å². The Bertz CT molecular complexity index is 865. The molecule has 0 radical (unpaired) electrons. The maximum Gasteiger partial charge on any atom is 0.176 e. The minimum atomic E-state index is -1.49. The van der Waals surface area contributed by atoms with Gasteiger partial charge in [-0.15, -0.1) is 0 Å². The molecule has 0 aromatic heterocycles. The fourth-order valence-electron chi connectivity index (χ4n) is 6.29. The van der Waals surface area contributed by atoms with Gasteiger partial charge in [0, 0.05) is 24.2 Å². The highest BCUT2D eigenvalue weighted by atomic mass is 16.7. The number of ether oxygens (including phenoxy) is 6. The topological polar surface area (TPSA) is 373 Å². The summed E-state index contributed by atoms with van der Waals surface area (Å²) in [5.74, 6) is 0. The maximum absolute atomic E-state index is 10.8. The van der Waals surface area contributed by atoms with E-state index in [0.29, 0.717) is 0 Å². The predicted octanol–water partition coefficient (Wildman–Crippen LogP) is -9.14. The number of nitrogens with two attached hydrogens (primary N) is 6. The zero-order valence-corrected chi connectivity index (χ0v) is 24.6. The summed E-state index contributed by atoms with van der Waals surface area (Å²) in [4.78, 5) is 0. The van der Waals surface area contributed by atoms with E-state index >= 15 is 0 Å². The van der Waals surface area contributed by atoms with Gasteiger partial charge in [-0.25, -0.2) is 0 Å².